The van der Waals surface area contributed by atoms with Gasteiger partial charge in [0.1, 0.15) is 0 Å². The zero-order valence-corrected chi connectivity index (χ0v) is 11.3. The Hall–Kier alpha value is -2.10. The van der Waals surface area contributed by atoms with E-state index in [-0.39, 0.29) is 0 Å². The van der Waals surface area contributed by atoms with E-state index in [1.807, 2.05) is 30.3 Å². The Bertz CT molecular complexity index is 510. The molecular weight excluding hydrogens is 254 g/mol. The highest BCUT2D eigenvalue weighted by Crippen LogP contribution is 2.31. The molecule has 1 aromatic carbocycles. The van der Waals surface area contributed by atoms with E-state index in [1.54, 1.807) is 6.08 Å². The first-order chi connectivity index (χ1) is 9.65. The molecule has 1 atom stereocenters. The smallest absolute Gasteiger partial charge is 0.323 e. The number of carbonyl (C=O) groups excluding carboxylic acids is 1. The first-order valence-corrected chi connectivity index (χ1v) is 6.88. The average Bonchev–Trinajstić information content (AvgIpc) is 2.48. The average molecular weight is 273 g/mol. The highest BCUT2D eigenvalue weighted by atomic mass is 16.4. The Balaban J connectivity index is 1.95. The van der Waals surface area contributed by atoms with Crippen molar-refractivity contribution < 1.29 is 14.7 Å². The van der Waals surface area contributed by atoms with Crippen LogP contribution in [0.3, 0.4) is 0 Å². The number of aliphatic carboxylic acids is 1. The first-order valence-electron chi connectivity index (χ1n) is 6.88. The molecule has 1 aliphatic carbocycles. The standard InChI is InChI=1S/C16H19NO3/c18-14(16(15(19)20)10-5-2-6-11-16)17-12-9-13-7-3-1-4-8-13/h1,3-5,7-8,10H,2,6,9,11-12H2,(H,17,18)(H,19,20). The number of nitrogens with one attached hydrogen (secondary N) is 1. The maximum absolute atomic E-state index is 12.2. The second-order valence-corrected chi connectivity index (χ2v) is 5.06. The fourth-order valence-corrected chi connectivity index (χ4v) is 2.45. The topological polar surface area (TPSA) is 66.4 Å². The van der Waals surface area contributed by atoms with Crippen LogP contribution in [0.15, 0.2) is 42.5 Å². The van der Waals surface area contributed by atoms with E-state index in [0.29, 0.717) is 19.4 Å². The maximum atomic E-state index is 12.2. The Morgan fingerprint density at radius 1 is 1.25 bits per heavy atom. The lowest BCUT2D eigenvalue weighted by molar-refractivity contribution is -0.153. The van der Waals surface area contributed by atoms with Crippen LogP contribution in [0.25, 0.3) is 0 Å². The number of allylic oxidation sites excluding steroid dienone is 1. The summed E-state index contributed by atoms with van der Waals surface area (Å²) in [5.41, 5.74) is -0.258. The van der Waals surface area contributed by atoms with Crippen molar-refractivity contribution >= 4 is 11.9 Å². The first kappa shape index (κ1) is 14.3. The molecule has 106 valence electrons. The van der Waals surface area contributed by atoms with E-state index in [2.05, 4.69) is 5.32 Å². The van der Waals surface area contributed by atoms with Crippen molar-refractivity contribution in [2.24, 2.45) is 5.41 Å². The molecule has 1 aliphatic rings. The normalized spacial score (nSPS) is 21.4. The van der Waals surface area contributed by atoms with Crippen LogP contribution in [-0.4, -0.2) is 23.5 Å². The van der Waals surface area contributed by atoms with Gasteiger partial charge in [0.15, 0.2) is 5.41 Å². The molecule has 4 nitrogen and oxygen atoms in total. The van der Waals surface area contributed by atoms with Gasteiger partial charge in [-0.15, -0.1) is 0 Å². The van der Waals surface area contributed by atoms with Crippen LogP contribution in [0.4, 0.5) is 0 Å². The monoisotopic (exact) mass is 273 g/mol. The zero-order chi connectivity index (χ0) is 14.4. The van der Waals surface area contributed by atoms with E-state index in [1.165, 1.54) is 6.08 Å². The fraction of sp³-hybridized carbons (Fsp3) is 0.375. The van der Waals surface area contributed by atoms with Crippen molar-refractivity contribution in [2.75, 3.05) is 6.54 Å². The molecule has 2 N–H and O–H groups in total. The number of rotatable bonds is 5. The Morgan fingerprint density at radius 3 is 2.60 bits per heavy atom. The molecule has 20 heavy (non-hydrogen) atoms. The van der Waals surface area contributed by atoms with Gasteiger partial charge in [-0.05, 0) is 31.2 Å². The van der Waals surface area contributed by atoms with E-state index >= 15 is 0 Å². The summed E-state index contributed by atoms with van der Waals surface area (Å²) >= 11 is 0. The summed E-state index contributed by atoms with van der Waals surface area (Å²) in [6.45, 7) is 0.450. The molecule has 1 aromatic rings. The molecular formula is C16H19NO3. The Kier molecular flexibility index (Phi) is 4.56. The molecule has 0 saturated carbocycles. The quantitative estimate of drug-likeness (QED) is 0.638. The van der Waals surface area contributed by atoms with Gasteiger partial charge in [0.05, 0.1) is 0 Å². The second-order valence-electron chi connectivity index (χ2n) is 5.06. The molecule has 0 saturated heterocycles. The van der Waals surface area contributed by atoms with E-state index in [9.17, 15) is 14.7 Å². The third-order valence-electron chi connectivity index (χ3n) is 3.67. The van der Waals surface area contributed by atoms with Crippen molar-refractivity contribution in [3.05, 3.63) is 48.0 Å². The number of carboxylic acid groups (broad SMARTS) is 1. The molecule has 0 heterocycles. The molecule has 0 spiro atoms. The highest BCUT2D eigenvalue weighted by Gasteiger charge is 2.44. The minimum absolute atomic E-state index is 0.371. The van der Waals surface area contributed by atoms with Crippen LogP contribution in [0.1, 0.15) is 24.8 Å². The van der Waals surface area contributed by atoms with Gasteiger partial charge in [-0.2, -0.15) is 0 Å². The largest absolute Gasteiger partial charge is 0.480 e. The molecule has 0 aromatic heterocycles. The molecule has 1 amide bonds. The SMILES string of the molecule is O=C(O)C1(C(=O)NCCc2ccccc2)C=CCCC1. The number of benzene rings is 1. The molecule has 0 fully saturated rings. The lowest BCUT2D eigenvalue weighted by atomic mass is 9.78. The van der Waals surface area contributed by atoms with Gasteiger partial charge >= 0.3 is 5.97 Å². The number of carboxylic acids is 1. The van der Waals surface area contributed by atoms with Gasteiger partial charge in [-0.25, -0.2) is 0 Å². The maximum Gasteiger partial charge on any atom is 0.323 e. The summed E-state index contributed by atoms with van der Waals surface area (Å²) in [5.74, 6) is -1.47. The number of hydrogen-bond donors (Lipinski definition) is 2. The lowest BCUT2D eigenvalue weighted by Crippen LogP contribution is -2.46. The minimum atomic E-state index is -1.38. The molecule has 0 bridgehead atoms. The third kappa shape index (κ3) is 3.07. The zero-order valence-electron chi connectivity index (χ0n) is 11.3. The molecule has 0 radical (unpaired) electrons. The Labute approximate surface area is 118 Å². The van der Waals surface area contributed by atoms with Crippen molar-refractivity contribution in [1.29, 1.82) is 0 Å². The van der Waals surface area contributed by atoms with Crippen LogP contribution in [0.5, 0.6) is 0 Å². The van der Waals surface area contributed by atoms with Crippen LogP contribution in [0, 0.1) is 5.41 Å². The summed E-state index contributed by atoms with van der Waals surface area (Å²) in [7, 11) is 0. The van der Waals surface area contributed by atoms with Crippen LogP contribution in [-0.2, 0) is 16.0 Å². The molecule has 0 aliphatic heterocycles. The van der Waals surface area contributed by atoms with Gasteiger partial charge in [-0.1, -0.05) is 42.5 Å². The van der Waals surface area contributed by atoms with Crippen LogP contribution >= 0.6 is 0 Å². The highest BCUT2D eigenvalue weighted by molar-refractivity contribution is 6.04. The van der Waals surface area contributed by atoms with Gasteiger partial charge in [-0.3, -0.25) is 9.59 Å². The van der Waals surface area contributed by atoms with Crippen LogP contribution < -0.4 is 5.32 Å². The van der Waals surface area contributed by atoms with Gasteiger partial charge in [0.25, 0.3) is 0 Å². The van der Waals surface area contributed by atoms with Gasteiger partial charge < -0.3 is 10.4 Å². The van der Waals surface area contributed by atoms with Crippen LogP contribution in [0.2, 0.25) is 0 Å². The van der Waals surface area contributed by atoms with E-state index in [4.69, 9.17) is 0 Å². The number of amides is 1. The summed E-state index contributed by atoms with van der Waals surface area (Å²) in [4.78, 5) is 23.6. The molecule has 2 rings (SSSR count). The lowest BCUT2D eigenvalue weighted by Gasteiger charge is -2.27. The predicted molar refractivity (Wildman–Crippen MR) is 76.2 cm³/mol. The van der Waals surface area contributed by atoms with E-state index in [0.717, 1.165) is 18.4 Å². The van der Waals surface area contributed by atoms with Crippen molar-refractivity contribution in [2.45, 2.75) is 25.7 Å². The second kappa shape index (κ2) is 6.37. The predicted octanol–water partition coefficient (Wildman–Crippen LogP) is 2.16. The minimum Gasteiger partial charge on any atom is -0.480 e. The number of hydrogen-bond acceptors (Lipinski definition) is 2. The fourth-order valence-electron chi connectivity index (χ4n) is 2.45. The molecule has 1 unspecified atom stereocenters. The van der Waals surface area contributed by atoms with Gasteiger partial charge in [0.2, 0.25) is 5.91 Å². The third-order valence-corrected chi connectivity index (χ3v) is 3.67. The summed E-state index contributed by atoms with van der Waals surface area (Å²) in [6, 6.07) is 9.80. The van der Waals surface area contributed by atoms with E-state index < -0.39 is 17.3 Å². The molecule has 4 heteroatoms. The van der Waals surface area contributed by atoms with Crippen molar-refractivity contribution in [1.82, 2.24) is 5.32 Å². The van der Waals surface area contributed by atoms with Gasteiger partial charge in [0, 0.05) is 6.54 Å². The summed E-state index contributed by atoms with van der Waals surface area (Å²) in [6.07, 6.45) is 5.97. The summed E-state index contributed by atoms with van der Waals surface area (Å²) < 4.78 is 0. The Morgan fingerprint density at radius 2 is 2.00 bits per heavy atom. The number of carbonyl (C=O) groups is 2. The summed E-state index contributed by atoms with van der Waals surface area (Å²) in [5, 5.41) is 12.1. The van der Waals surface area contributed by atoms with Crippen molar-refractivity contribution in [3.63, 3.8) is 0 Å². The van der Waals surface area contributed by atoms with Crippen molar-refractivity contribution in [3.8, 4) is 0 Å².